The molecule has 1 aliphatic heterocycles. The van der Waals surface area contributed by atoms with Gasteiger partial charge in [-0.3, -0.25) is 9.59 Å². The van der Waals surface area contributed by atoms with Gasteiger partial charge in [-0.05, 0) is 78.6 Å². The Kier molecular flexibility index (Phi) is 11.6. The third-order valence-electron chi connectivity index (χ3n) is 7.75. The molecule has 2 heterocycles. The molecule has 242 valence electrons. The molecule has 9 heteroatoms. The number of allylic oxidation sites excluding steroid dienone is 10. The normalized spacial score (nSPS) is 17.6. The summed E-state index contributed by atoms with van der Waals surface area (Å²) < 4.78 is 21.0. The number of β-lactam (4-membered cyclic amide) rings is 1. The van der Waals surface area contributed by atoms with Crippen LogP contribution in [0.5, 0.6) is 5.75 Å². The summed E-state index contributed by atoms with van der Waals surface area (Å²) in [6.07, 6.45) is 25.5. The molecule has 1 unspecified atom stereocenters. The van der Waals surface area contributed by atoms with Crippen molar-refractivity contribution in [3.8, 4) is 5.75 Å². The number of anilines is 1. The van der Waals surface area contributed by atoms with E-state index in [4.69, 9.17) is 4.74 Å². The van der Waals surface area contributed by atoms with Gasteiger partial charge in [0, 0.05) is 28.3 Å². The van der Waals surface area contributed by atoms with Gasteiger partial charge in [-0.15, -0.1) is 5.10 Å². The van der Waals surface area contributed by atoms with Crippen LogP contribution in [0, 0.1) is 5.82 Å². The smallest absolute Gasteiger partial charge is 0.255 e. The van der Waals surface area contributed by atoms with Gasteiger partial charge < -0.3 is 9.64 Å². The van der Waals surface area contributed by atoms with Gasteiger partial charge in [0.15, 0.2) is 11.8 Å². The van der Waals surface area contributed by atoms with Crippen molar-refractivity contribution in [3.05, 3.63) is 174 Å². The maximum Gasteiger partial charge on any atom is 0.255 e. The topological polar surface area (TPSA) is 77.3 Å². The van der Waals surface area contributed by atoms with E-state index in [1.54, 1.807) is 58.3 Å². The molecule has 7 rings (SSSR count). The van der Waals surface area contributed by atoms with E-state index in [9.17, 15) is 14.0 Å². The summed E-state index contributed by atoms with van der Waals surface area (Å²) in [7, 11) is 0. The molecule has 1 fully saturated rings. The number of carbonyl (C=O) groups excluding carboxylic acids is 2. The summed E-state index contributed by atoms with van der Waals surface area (Å²) in [5, 5.41) is 8.43. The molecule has 7 nitrogen and oxygen atoms in total. The van der Waals surface area contributed by atoms with Crippen LogP contribution in [0.15, 0.2) is 151 Å². The number of ether oxygens (including phenoxy) is 1. The summed E-state index contributed by atoms with van der Waals surface area (Å²) in [5.41, 5.74) is 3.75. The minimum atomic E-state index is -0.606. The van der Waals surface area contributed by atoms with Crippen LogP contribution in [0.2, 0.25) is 0 Å². The minimum Gasteiger partial charge on any atom is -0.487 e. The number of benzene rings is 3. The van der Waals surface area contributed by atoms with Gasteiger partial charge in [0.2, 0.25) is 0 Å². The number of amides is 1. The first kappa shape index (κ1) is 34.0. The van der Waals surface area contributed by atoms with Crippen molar-refractivity contribution >= 4 is 23.5 Å². The SMILES string of the molecule is C1=CCC=C1.O=C(/C=C/C1=CCC=C1)c1ccc(OCc2cn(C3C(=O)N(c4ccc(F)cc4)[C@@H]3/C=C/c3ccccc3)nn2)cc1.[Fe]. The maximum atomic E-state index is 13.5. The quantitative estimate of drug-likeness (QED) is 0.0740. The average Bonchev–Trinajstić information content (AvgIpc) is 3.92. The van der Waals surface area contributed by atoms with E-state index in [1.807, 2.05) is 60.7 Å². The molecule has 4 aromatic rings. The molecule has 2 aliphatic carbocycles. The fraction of sp³-hybridized carbons (Fsp3) is 0.128. The van der Waals surface area contributed by atoms with Crippen LogP contribution in [-0.4, -0.2) is 32.7 Å². The third kappa shape index (κ3) is 8.50. The van der Waals surface area contributed by atoms with Crippen LogP contribution in [-0.2, 0) is 28.5 Å². The monoisotopic (exact) mass is 680 g/mol. The molecule has 2 atom stereocenters. The van der Waals surface area contributed by atoms with E-state index in [0.29, 0.717) is 22.7 Å². The first-order valence-electron chi connectivity index (χ1n) is 15.4. The summed E-state index contributed by atoms with van der Waals surface area (Å²) in [4.78, 5) is 27.4. The van der Waals surface area contributed by atoms with Crippen LogP contribution < -0.4 is 9.64 Å². The Morgan fingerprint density at radius 3 is 2.33 bits per heavy atom. The van der Waals surface area contributed by atoms with Gasteiger partial charge >= 0.3 is 0 Å². The molecule has 0 bridgehead atoms. The number of hydrogen-bond acceptors (Lipinski definition) is 5. The fourth-order valence-corrected chi connectivity index (χ4v) is 5.28. The van der Waals surface area contributed by atoms with E-state index >= 15 is 0 Å². The Morgan fingerprint density at radius 2 is 1.67 bits per heavy atom. The molecule has 0 saturated carbocycles. The van der Waals surface area contributed by atoms with Gasteiger partial charge in [-0.2, -0.15) is 0 Å². The molecule has 0 spiro atoms. The fourth-order valence-electron chi connectivity index (χ4n) is 5.28. The maximum absolute atomic E-state index is 13.5. The molecule has 1 aromatic heterocycles. The zero-order chi connectivity index (χ0) is 32.4. The second-order valence-corrected chi connectivity index (χ2v) is 11.0. The molecule has 48 heavy (non-hydrogen) atoms. The van der Waals surface area contributed by atoms with Crippen LogP contribution in [0.4, 0.5) is 10.1 Å². The van der Waals surface area contributed by atoms with E-state index in [0.717, 1.165) is 24.0 Å². The van der Waals surface area contributed by atoms with Crippen molar-refractivity contribution in [1.29, 1.82) is 0 Å². The molecular weight excluding hydrogens is 647 g/mol. The molecule has 1 amide bonds. The predicted molar refractivity (Wildman–Crippen MR) is 181 cm³/mol. The van der Waals surface area contributed by atoms with E-state index in [1.165, 1.54) is 12.1 Å². The Morgan fingerprint density at radius 1 is 0.917 bits per heavy atom. The van der Waals surface area contributed by atoms with Crippen LogP contribution in [0.1, 0.15) is 40.5 Å². The summed E-state index contributed by atoms with van der Waals surface area (Å²) in [5.74, 6) is -0.0384. The van der Waals surface area contributed by atoms with Crippen LogP contribution in [0.25, 0.3) is 6.08 Å². The van der Waals surface area contributed by atoms with Crippen molar-refractivity contribution in [3.63, 3.8) is 0 Å². The largest absolute Gasteiger partial charge is 0.487 e. The molecule has 0 N–H and O–H groups in total. The number of aromatic nitrogens is 3. The Bertz CT molecular complexity index is 1880. The Hall–Kier alpha value is -5.37. The van der Waals surface area contributed by atoms with Crippen LogP contribution in [0.3, 0.4) is 0 Å². The molecule has 0 radical (unpaired) electrons. The average molecular weight is 681 g/mol. The van der Waals surface area contributed by atoms with E-state index in [-0.39, 0.29) is 47.2 Å². The molecule has 3 aliphatic rings. The first-order valence-corrected chi connectivity index (χ1v) is 15.4. The predicted octanol–water partition coefficient (Wildman–Crippen LogP) is 7.79. The molecule has 3 aromatic carbocycles. The second-order valence-electron chi connectivity index (χ2n) is 11.0. The Labute approximate surface area is 289 Å². The van der Waals surface area contributed by atoms with Gasteiger partial charge in [-0.1, -0.05) is 96.3 Å². The molecular formula is C39H33FFeN4O3. The van der Waals surface area contributed by atoms with Crippen molar-refractivity contribution in [1.82, 2.24) is 15.0 Å². The van der Waals surface area contributed by atoms with Gasteiger partial charge in [0.05, 0.1) is 12.2 Å². The zero-order valence-electron chi connectivity index (χ0n) is 26.0. The summed E-state index contributed by atoms with van der Waals surface area (Å²) >= 11 is 0. The third-order valence-corrected chi connectivity index (χ3v) is 7.75. The van der Waals surface area contributed by atoms with E-state index < -0.39 is 6.04 Å². The zero-order valence-corrected chi connectivity index (χ0v) is 27.1. The Balaban J connectivity index is 0.000000689. The first-order chi connectivity index (χ1) is 23.0. The number of rotatable bonds is 10. The van der Waals surface area contributed by atoms with Crippen molar-refractivity contribution < 1.29 is 35.8 Å². The second kappa shape index (κ2) is 16.5. The van der Waals surface area contributed by atoms with Crippen molar-refractivity contribution in [2.45, 2.75) is 31.5 Å². The summed E-state index contributed by atoms with van der Waals surface area (Å²) in [6.45, 7) is 0.140. The van der Waals surface area contributed by atoms with Crippen molar-refractivity contribution in [2.75, 3.05) is 4.90 Å². The van der Waals surface area contributed by atoms with Gasteiger partial charge in [0.1, 0.15) is 23.9 Å². The molecule has 1 saturated heterocycles. The number of ketones is 1. The van der Waals surface area contributed by atoms with Crippen molar-refractivity contribution in [2.24, 2.45) is 0 Å². The number of carbonyl (C=O) groups is 2. The van der Waals surface area contributed by atoms with E-state index in [2.05, 4.69) is 40.7 Å². The van der Waals surface area contributed by atoms with Gasteiger partial charge in [-0.25, -0.2) is 9.07 Å². The number of halogens is 1. The number of nitrogens with zero attached hydrogens (tertiary/aromatic N) is 4. The minimum absolute atomic E-state index is 0. The number of hydrogen-bond donors (Lipinski definition) is 0. The summed E-state index contributed by atoms with van der Waals surface area (Å²) in [6, 6.07) is 21.6. The van der Waals surface area contributed by atoms with Crippen LogP contribution >= 0.6 is 0 Å². The standard InChI is InChI=1S/C34H27FN4O3.C5H6.Fe/c35-27-14-16-29(17-15-27)39-31(20-10-24-6-2-1-3-7-24)33(34(39)41)38-22-28(36-37-38)23-42-30-18-12-26(13-19-30)32(40)21-11-25-8-4-5-9-25;1-2-4-5-3-1;/h1-4,6-22,31,33H,5,23H2;1-4H,5H2;/b20-10+,21-11+;;/t31-,33?;;/m1../s1. The van der Waals surface area contributed by atoms with Gasteiger partial charge in [0.25, 0.3) is 5.91 Å².